The molecule has 86 valence electrons. The van der Waals surface area contributed by atoms with Crippen molar-refractivity contribution in [2.75, 3.05) is 13.7 Å². The van der Waals surface area contributed by atoms with Crippen LogP contribution in [0.4, 0.5) is 0 Å². The van der Waals surface area contributed by atoms with Gasteiger partial charge in [-0.3, -0.25) is 0 Å². The summed E-state index contributed by atoms with van der Waals surface area (Å²) in [7, 11) is 1.96. The van der Waals surface area contributed by atoms with Crippen molar-refractivity contribution in [3.8, 4) is 0 Å². The maximum Gasteiger partial charge on any atom is 0.122 e. The normalized spacial score (nSPS) is 11.1. The minimum absolute atomic E-state index is 0.628. The van der Waals surface area contributed by atoms with E-state index in [0.29, 0.717) is 6.73 Å². The fraction of sp³-hybridized carbons (Fsp3) is 0.385. The summed E-state index contributed by atoms with van der Waals surface area (Å²) in [5.41, 5.74) is 2.53. The van der Waals surface area contributed by atoms with E-state index in [9.17, 15) is 0 Å². The number of nitrogens with one attached hydrogen (secondary N) is 1. The van der Waals surface area contributed by atoms with Crippen LogP contribution in [0.25, 0.3) is 10.9 Å². The monoisotopic (exact) mass is 218 g/mol. The highest BCUT2D eigenvalue weighted by atomic mass is 16.5. The van der Waals surface area contributed by atoms with Crippen LogP contribution >= 0.6 is 0 Å². The maximum absolute atomic E-state index is 5.43. The maximum atomic E-state index is 5.43. The summed E-state index contributed by atoms with van der Waals surface area (Å²) in [5.74, 6) is 0. The highest BCUT2D eigenvalue weighted by molar-refractivity contribution is 5.80. The van der Waals surface area contributed by atoms with Crippen molar-refractivity contribution in [3.05, 3.63) is 36.0 Å². The molecule has 1 aromatic heterocycles. The molecule has 0 fully saturated rings. The second kappa shape index (κ2) is 5.14. The van der Waals surface area contributed by atoms with E-state index < -0.39 is 0 Å². The van der Waals surface area contributed by atoms with E-state index in [4.69, 9.17) is 4.74 Å². The molecule has 0 bridgehead atoms. The van der Waals surface area contributed by atoms with Gasteiger partial charge in [0.05, 0.1) is 5.52 Å². The highest BCUT2D eigenvalue weighted by Crippen LogP contribution is 2.17. The number of nitrogens with zero attached hydrogens (tertiary/aromatic N) is 1. The van der Waals surface area contributed by atoms with Crippen LogP contribution in [0.5, 0.6) is 0 Å². The Labute approximate surface area is 96.0 Å². The molecule has 0 aliphatic carbocycles. The predicted molar refractivity (Wildman–Crippen MR) is 66.3 cm³/mol. The average molecular weight is 218 g/mol. The third kappa shape index (κ3) is 2.26. The molecular formula is C13H18N2O. The third-order valence-corrected chi connectivity index (χ3v) is 2.65. The van der Waals surface area contributed by atoms with Crippen molar-refractivity contribution < 1.29 is 4.74 Å². The average Bonchev–Trinajstić information content (AvgIpc) is 2.69. The van der Waals surface area contributed by atoms with E-state index in [2.05, 4.69) is 40.3 Å². The molecule has 3 heteroatoms. The van der Waals surface area contributed by atoms with Gasteiger partial charge in [-0.2, -0.15) is 0 Å². The minimum atomic E-state index is 0.628. The fourth-order valence-electron chi connectivity index (χ4n) is 1.85. The van der Waals surface area contributed by atoms with Gasteiger partial charge in [0.15, 0.2) is 0 Å². The topological polar surface area (TPSA) is 26.2 Å². The van der Waals surface area contributed by atoms with E-state index in [0.717, 1.165) is 13.2 Å². The largest absolute Gasteiger partial charge is 0.361 e. The molecule has 0 aliphatic rings. The molecule has 16 heavy (non-hydrogen) atoms. The van der Waals surface area contributed by atoms with Crippen LogP contribution < -0.4 is 5.32 Å². The summed E-state index contributed by atoms with van der Waals surface area (Å²) in [5, 5.41) is 4.43. The Kier molecular flexibility index (Phi) is 3.59. The molecule has 0 radical (unpaired) electrons. The summed E-state index contributed by atoms with van der Waals surface area (Å²) in [4.78, 5) is 0. The van der Waals surface area contributed by atoms with Crippen molar-refractivity contribution in [3.63, 3.8) is 0 Å². The van der Waals surface area contributed by atoms with Crippen molar-refractivity contribution in [2.24, 2.45) is 0 Å². The summed E-state index contributed by atoms with van der Waals surface area (Å²) in [6.45, 7) is 4.28. The molecule has 0 aliphatic heterocycles. The molecule has 2 aromatic rings. The van der Waals surface area contributed by atoms with Crippen LogP contribution in [0.3, 0.4) is 0 Å². The van der Waals surface area contributed by atoms with E-state index in [1.54, 1.807) is 0 Å². The fourth-order valence-corrected chi connectivity index (χ4v) is 1.85. The number of rotatable bonds is 5. The summed E-state index contributed by atoms with van der Waals surface area (Å²) < 4.78 is 7.57. The quantitative estimate of drug-likeness (QED) is 0.833. The number of hydrogen-bond acceptors (Lipinski definition) is 2. The van der Waals surface area contributed by atoms with Crippen LogP contribution in [-0.2, 0) is 18.0 Å². The van der Waals surface area contributed by atoms with Gasteiger partial charge in [0.25, 0.3) is 0 Å². The second-order valence-electron chi connectivity index (χ2n) is 3.83. The summed E-state index contributed by atoms with van der Waals surface area (Å²) in [6, 6.07) is 8.65. The first kappa shape index (κ1) is 11.2. The van der Waals surface area contributed by atoms with Crippen LogP contribution in [0.1, 0.15) is 12.5 Å². The Balaban J connectivity index is 2.31. The molecule has 0 spiro atoms. The van der Waals surface area contributed by atoms with E-state index >= 15 is 0 Å². The molecule has 2 rings (SSSR count). The van der Waals surface area contributed by atoms with Gasteiger partial charge in [-0.1, -0.05) is 12.1 Å². The lowest BCUT2D eigenvalue weighted by atomic mass is 10.1. The Morgan fingerprint density at radius 2 is 2.19 bits per heavy atom. The third-order valence-electron chi connectivity index (χ3n) is 2.65. The van der Waals surface area contributed by atoms with Gasteiger partial charge >= 0.3 is 0 Å². The summed E-state index contributed by atoms with van der Waals surface area (Å²) >= 11 is 0. The van der Waals surface area contributed by atoms with Crippen molar-refractivity contribution in [1.82, 2.24) is 9.88 Å². The van der Waals surface area contributed by atoms with Crippen LogP contribution in [-0.4, -0.2) is 18.2 Å². The molecule has 0 atom stereocenters. The van der Waals surface area contributed by atoms with Gasteiger partial charge in [0.2, 0.25) is 0 Å². The molecule has 1 aromatic carbocycles. The highest BCUT2D eigenvalue weighted by Gasteiger charge is 2.01. The molecule has 1 heterocycles. The van der Waals surface area contributed by atoms with Crippen LogP contribution in [0.2, 0.25) is 0 Å². The standard InChI is InChI=1S/C13H18N2O/c1-3-16-10-15-7-6-12-5-4-11(9-14-2)8-13(12)15/h4-8,14H,3,9-10H2,1-2H3. The number of fused-ring (bicyclic) bond motifs is 1. The first-order valence-electron chi connectivity index (χ1n) is 5.65. The van der Waals surface area contributed by atoms with Crippen LogP contribution in [0.15, 0.2) is 30.5 Å². The number of hydrogen-bond donors (Lipinski definition) is 1. The Hall–Kier alpha value is -1.32. The molecule has 0 unspecified atom stereocenters. The van der Waals surface area contributed by atoms with E-state index in [1.807, 2.05) is 14.0 Å². The number of ether oxygens (including phenoxy) is 1. The zero-order valence-corrected chi connectivity index (χ0v) is 9.86. The first-order valence-corrected chi connectivity index (χ1v) is 5.65. The lowest BCUT2D eigenvalue weighted by Crippen LogP contribution is -2.05. The van der Waals surface area contributed by atoms with Gasteiger partial charge in [0, 0.05) is 19.3 Å². The van der Waals surface area contributed by atoms with Crippen molar-refractivity contribution >= 4 is 10.9 Å². The molecule has 0 amide bonds. The number of aromatic nitrogens is 1. The van der Waals surface area contributed by atoms with Crippen molar-refractivity contribution in [1.29, 1.82) is 0 Å². The Morgan fingerprint density at radius 1 is 1.31 bits per heavy atom. The van der Waals surface area contributed by atoms with Gasteiger partial charge in [0.1, 0.15) is 6.73 Å². The molecular weight excluding hydrogens is 200 g/mol. The molecule has 0 saturated heterocycles. The number of benzene rings is 1. The SMILES string of the molecule is CCOCn1ccc2ccc(CNC)cc21. The Morgan fingerprint density at radius 3 is 2.94 bits per heavy atom. The zero-order chi connectivity index (χ0) is 11.4. The predicted octanol–water partition coefficient (Wildman–Crippen LogP) is 2.35. The summed E-state index contributed by atoms with van der Waals surface area (Å²) in [6.07, 6.45) is 2.07. The Bertz CT molecular complexity index is 462. The van der Waals surface area contributed by atoms with Gasteiger partial charge < -0.3 is 14.6 Å². The van der Waals surface area contributed by atoms with E-state index in [-0.39, 0.29) is 0 Å². The first-order chi connectivity index (χ1) is 7.85. The van der Waals surface area contributed by atoms with Crippen LogP contribution in [0, 0.1) is 0 Å². The lowest BCUT2D eigenvalue weighted by Gasteiger charge is -2.06. The minimum Gasteiger partial charge on any atom is -0.361 e. The molecule has 0 saturated carbocycles. The van der Waals surface area contributed by atoms with Gasteiger partial charge in [-0.05, 0) is 37.1 Å². The van der Waals surface area contributed by atoms with E-state index in [1.165, 1.54) is 16.5 Å². The van der Waals surface area contributed by atoms with Gasteiger partial charge in [-0.25, -0.2) is 0 Å². The smallest absolute Gasteiger partial charge is 0.122 e. The van der Waals surface area contributed by atoms with Gasteiger partial charge in [-0.15, -0.1) is 0 Å². The second-order valence-corrected chi connectivity index (χ2v) is 3.83. The lowest BCUT2D eigenvalue weighted by molar-refractivity contribution is 0.0909. The zero-order valence-electron chi connectivity index (χ0n) is 9.86. The molecule has 3 nitrogen and oxygen atoms in total. The van der Waals surface area contributed by atoms with Crippen molar-refractivity contribution in [2.45, 2.75) is 20.2 Å². The molecule has 1 N–H and O–H groups in total.